The van der Waals surface area contributed by atoms with Crippen LogP contribution in [0.1, 0.15) is 28.4 Å². The number of carbonyl (C=O) groups is 1. The Kier molecular flexibility index (Phi) is 2.71. The van der Waals surface area contributed by atoms with Gasteiger partial charge in [-0.15, -0.1) is 0 Å². The van der Waals surface area contributed by atoms with Crippen molar-refractivity contribution in [2.45, 2.75) is 12.8 Å². The third-order valence-electron chi connectivity index (χ3n) is 1.82. The Bertz CT molecular complexity index is 444. The molecule has 78 valence electrons. The summed E-state index contributed by atoms with van der Waals surface area (Å²) in [6, 6.07) is 4.53. The number of aromatic carboxylic acids is 1. The van der Waals surface area contributed by atoms with Crippen LogP contribution < -0.4 is 0 Å². The summed E-state index contributed by atoms with van der Waals surface area (Å²) in [6.45, 7) is 0.648. The van der Waals surface area contributed by atoms with Gasteiger partial charge in [0.1, 0.15) is 0 Å². The molecule has 3 nitrogen and oxygen atoms in total. The molecule has 0 amide bonds. The van der Waals surface area contributed by atoms with Crippen molar-refractivity contribution in [3.63, 3.8) is 0 Å². The number of benzene rings is 1. The van der Waals surface area contributed by atoms with Gasteiger partial charge in [0.2, 0.25) is 0 Å². The van der Waals surface area contributed by atoms with Crippen LogP contribution in [0.5, 0.6) is 0 Å². The molecule has 0 aliphatic rings. The summed E-state index contributed by atoms with van der Waals surface area (Å²) in [7, 11) is 0. The van der Waals surface area contributed by atoms with E-state index < -0.39 is 17.5 Å². The van der Waals surface area contributed by atoms with Crippen LogP contribution in [0.15, 0.2) is 18.2 Å². The molecule has 1 N–H and O–H groups in total. The molecule has 0 fully saturated rings. The summed E-state index contributed by atoms with van der Waals surface area (Å²) in [6.07, 6.45) is 0. The zero-order valence-electron chi connectivity index (χ0n) is 7.79. The minimum Gasteiger partial charge on any atom is -0.478 e. The molecule has 0 aliphatic heterocycles. The lowest BCUT2D eigenvalue weighted by molar-refractivity contribution is 0.0174. The fraction of sp³-hybridized carbons (Fsp3) is 0.200. The summed E-state index contributed by atoms with van der Waals surface area (Å²) in [5.41, 5.74) is -0.879. The maximum absolute atomic E-state index is 12.9. The van der Waals surface area contributed by atoms with E-state index in [9.17, 15) is 13.6 Å². The lowest BCUT2D eigenvalue weighted by Gasteiger charge is -2.11. The van der Waals surface area contributed by atoms with Gasteiger partial charge in [-0.1, -0.05) is 0 Å². The highest BCUT2D eigenvalue weighted by Gasteiger charge is 2.26. The number of hydrogen-bond acceptors (Lipinski definition) is 2. The van der Waals surface area contributed by atoms with Crippen molar-refractivity contribution in [1.29, 1.82) is 5.26 Å². The van der Waals surface area contributed by atoms with Crippen LogP contribution in [0.25, 0.3) is 0 Å². The first-order chi connectivity index (χ1) is 6.84. The van der Waals surface area contributed by atoms with Gasteiger partial charge in [-0.2, -0.15) is 5.26 Å². The predicted molar refractivity (Wildman–Crippen MR) is 47.7 cm³/mol. The first-order valence-corrected chi connectivity index (χ1v) is 4.01. The second-order valence-corrected chi connectivity index (χ2v) is 3.10. The highest BCUT2D eigenvalue weighted by Crippen LogP contribution is 2.28. The molecule has 1 aromatic rings. The molecule has 1 aromatic carbocycles. The van der Waals surface area contributed by atoms with E-state index in [2.05, 4.69) is 0 Å². The van der Waals surface area contributed by atoms with Gasteiger partial charge in [0.25, 0.3) is 5.92 Å². The molecule has 0 heterocycles. The van der Waals surface area contributed by atoms with E-state index in [-0.39, 0.29) is 11.1 Å². The molecule has 0 aliphatic carbocycles. The number of nitriles is 1. The van der Waals surface area contributed by atoms with Crippen LogP contribution in [0, 0.1) is 11.3 Å². The van der Waals surface area contributed by atoms with E-state index in [1.165, 1.54) is 0 Å². The molecular weight excluding hydrogens is 204 g/mol. The van der Waals surface area contributed by atoms with E-state index in [0.717, 1.165) is 18.2 Å². The van der Waals surface area contributed by atoms with Crippen LogP contribution in [-0.2, 0) is 5.92 Å². The first kappa shape index (κ1) is 11.1. The number of nitrogens with zero attached hydrogens (tertiary/aromatic N) is 1. The van der Waals surface area contributed by atoms with Gasteiger partial charge in [0.15, 0.2) is 0 Å². The monoisotopic (exact) mass is 211 g/mol. The van der Waals surface area contributed by atoms with E-state index >= 15 is 0 Å². The first-order valence-electron chi connectivity index (χ1n) is 4.01. The SMILES string of the molecule is CC(F)(F)c1cc(C#N)cc(C(=O)O)c1. The van der Waals surface area contributed by atoms with Gasteiger partial charge < -0.3 is 5.11 Å². The Balaban J connectivity index is 3.38. The molecular formula is C10H7F2NO2. The fourth-order valence-electron chi connectivity index (χ4n) is 1.07. The minimum absolute atomic E-state index is 0.0913. The van der Waals surface area contributed by atoms with Crippen LogP contribution in [0.4, 0.5) is 8.78 Å². The number of hydrogen-bond donors (Lipinski definition) is 1. The lowest BCUT2D eigenvalue weighted by Crippen LogP contribution is -2.09. The molecule has 15 heavy (non-hydrogen) atoms. The molecule has 0 bridgehead atoms. The van der Waals surface area contributed by atoms with E-state index in [1.807, 2.05) is 0 Å². The number of rotatable bonds is 2. The summed E-state index contributed by atoms with van der Waals surface area (Å²) >= 11 is 0. The molecule has 5 heteroatoms. The van der Waals surface area contributed by atoms with Crippen LogP contribution in [0.2, 0.25) is 0 Å². The maximum atomic E-state index is 12.9. The Morgan fingerprint density at radius 2 is 2.07 bits per heavy atom. The highest BCUT2D eigenvalue weighted by molar-refractivity contribution is 5.88. The maximum Gasteiger partial charge on any atom is 0.335 e. The topological polar surface area (TPSA) is 61.1 Å². The number of halogens is 2. The predicted octanol–water partition coefficient (Wildman–Crippen LogP) is 2.37. The van der Waals surface area contributed by atoms with Gasteiger partial charge in [0.05, 0.1) is 17.2 Å². The quantitative estimate of drug-likeness (QED) is 0.816. The lowest BCUT2D eigenvalue weighted by atomic mass is 10.0. The minimum atomic E-state index is -3.16. The Morgan fingerprint density at radius 1 is 1.47 bits per heavy atom. The number of alkyl halides is 2. The van der Waals surface area contributed by atoms with Crippen LogP contribution in [0.3, 0.4) is 0 Å². The Labute approximate surface area is 84.6 Å². The molecule has 0 aromatic heterocycles. The molecule has 0 saturated heterocycles. The number of carboxylic acids is 1. The van der Waals surface area contributed by atoms with E-state index in [1.54, 1.807) is 6.07 Å². The van der Waals surface area contributed by atoms with Gasteiger partial charge in [0, 0.05) is 12.5 Å². The van der Waals surface area contributed by atoms with Gasteiger partial charge in [-0.25, -0.2) is 13.6 Å². The average Bonchev–Trinajstić information content (AvgIpc) is 2.15. The Morgan fingerprint density at radius 3 is 2.47 bits per heavy atom. The fourth-order valence-corrected chi connectivity index (χ4v) is 1.07. The second kappa shape index (κ2) is 3.65. The number of carboxylic acid groups (broad SMARTS) is 1. The van der Waals surface area contributed by atoms with Gasteiger partial charge in [-0.05, 0) is 18.2 Å². The Hall–Kier alpha value is -1.96. The van der Waals surface area contributed by atoms with Crippen molar-refractivity contribution in [2.75, 3.05) is 0 Å². The van der Waals surface area contributed by atoms with Crippen LogP contribution >= 0.6 is 0 Å². The third kappa shape index (κ3) is 2.50. The zero-order chi connectivity index (χ0) is 11.6. The van der Waals surface area contributed by atoms with Crippen molar-refractivity contribution < 1.29 is 18.7 Å². The normalized spacial score (nSPS) is 10.8. The average molecular weight is 211 g/mol. The molecule has 0 saturated carbocycles. The molecule has 1 rings (SSSR count). The summed E-state index contributed by atoms with van der Waals surface area (Å²) in [4.78, 5) is 10.6. The summed E-state index contributed by atoms with van der Waals surface area (Å²) in [5.74, 6) is -4.49. The molecule has 0 unspecified atom stereocenters. The summed E-state index contributed by atoms with van der Waals surface area (Å²) in [5, 5.41) is 17.2. The molecule has 0 radical (unpaired) electrons. The van der Waals surface area contributed by atoms with Crippen LogP contribution in [-0.4, -0.2) is 11.1 Å². The van der Waals surface area contributed by atoms with Crippen molar-refractivity contribution >= 4 is 5.97 Å². The highest BCUT2D eigenvalue weighted by atomic mass is 19.3. The zero-order valence-corrected chi connectivity index (χ0v) is 7.79. The largest absolute Gasteiger partial charge is 0.478 e. The van der Waals surface area contributed by atoms with Crippen molar-refractivity contribution in [3.05, 3.63) is 34.9 Å². The summed E-state index contributed by atoms with van der Waals surface area (Å²) < 4.78 is 25.8. The smallest absolute Gasteiger partial charge is 0.335 e. The van der Waals surface area contributed by atoms with Crippen molar-refractivity contribution in [2.24, 2.45) is 0 Å². The third-order valence-corrected chi connectivity index (χ3v) is 1.82. The molecule has 0 atom stereocenters. The van der Waals surface area contributed by atoms with Gasteiger partial charge in [-0.3, -0.25) is 0 Å². The van der Waals surface area contributed by atoms with Crippen molar-refractivity contribution in [3.8, 4) is 6.07 Å². The van der Waals surface area contributed by atoms with E-state index in [0.29, 0.717) is 6.92 Å². The molecule has 0 spiro atoms. The standard InChI is InChI=1S/C10H7F2NO2/c1-10(11,12)8-3-6(5-13)2-7(4-8)9(14)15/h2-4H,1H3,(H,14,15). The second-order valence-electron chi connectivity index (χ2n) is 3.10. The van der Waals surface area contributed by atoms with Crippen molar-refractivity contribution in [1.82, 2.24) is 0 Å². The van der Waals surface area contributed by atoms with Gasteiger partial charge >= 0.3 is 5.97 Å². The van der Waals surface area contributed by atoms with E-state index in [4.69, 9.17) is 10.4 Å².